The lowest BCUT2D eigenvalue weighted by atomic mass is 10.1. The predicted octanol–water partition coefficient (Wildman–Crippen LogP) is 2.16. The molecule has 0 aromatic heterocycles. The molecule has 0 saturated heterocycles. The number of ether oxygens (including phenoxy) is 2. The summed E-state index contributed by atoms with van der Waals surface area (Å²) in [5, 5.41) is 0. The quantitative estimate of drug-likeness (QED) is 0.497. The Morgan fingerprint density at radius 1 is 1.19 bits per heavy atom. The minimum Gasteiger partial charge on any atom is -0.460 e. The average molecular weight is 230 g/mol. The first-order valence-electron chi connectivity index (χ1n) is 5.68. The zero-order valence-corrected chi connectivity index (χ0v) is 10.7. The number of carbonyl (C=O) groups is 2. The van der Waals surface area contributed by atoms with E-state index in [-0.39, 0.29) is 17.9 Å². The molecule has 0 aromatic rings. The molecule has 0 bridgehead atoms. The fraction of sp³-hybridized carbons (Fsp3) is 0.833. The maximum atomic E-state index is 11.7. The van der Waals surface area contributed by atoms with Gasteiger partial charge in [-0.2, -0.15) is 0 Å². The third kappa shape index (κ3) is 5.73. The third-order valence-electron chi connectivity index (χ3n) is 2.41. The van der Waals surface area contributed by atoms with Crippen LogP contribution in [0.2, 0.25) is 0 Å². The average Bonchev–Trinajstić information content (AvgIpc) is 2.16. The van der Waals surface area contributed by atoms with Crippen LogP contribution in [0, 0.1) is 11.8 Å². The maximum Gasteiger partial charge on any atom is 0.347 e. The standard InChI is InChI=1S/C12H22O4/c1-8(2)6-11(15-7-13)12(14)16-10(5)9(3)4/h7-11H,6H2,1-5H3. The summed E-state index contributed by atoms with van der Waals surface area (Å²) >= 11 is 0. The molecule has 0 amide bonds. The van der Waals surface area contributed by atoms with Gasteiger partial charge in [-0.25, -0.2) is 4.79 Å². The number of hydrogen-bond donors (Lipinski definition) is 0. The van der Waals surface area contributed by atoms with Crippen LogP contribution in [0.4, 0.5) is 0 Å². The number of rotatable bonds is 7. The summed E-state index contributed by atoms with van der Waals surface area (Å²) in [5.41, 5.74) is 0. The van der Waals surface area contributed by atoms with Crippen molar-refractivity contribution in [2.45, 2.75) is 53.2 Å². The highest BCUT2D eigenvalue weighted by Crippen LogP contribution is 2.13. The number of esters is 1. The summed E-state index contributed by atoms with van der Waals surface area (Å²) in [5.74, 6) is 0.0636. The third-order valence-corrected chi connectivity index (χ3v) is 2.41. The maximum absolute atomic E-state index is 11.7. The molecule has 0 aliphatic rings. The van der Waals surface area contributed by atoms with Gasteiger partial charge in [0.15, 0.2) is 6.10 Å². The second-order valence-electron chi connectivity index (χ2n) is 4.74. The lowest BCUT2D eigenvalue weighted by Gasteiger charge is -2.21. The van der Waals surface area contributed by atoms with Crippen molar-refractivity contribution in [1.29, 1.82) is 0 Å². The second-order valence-corrected chi connectivity index (χ2v) is 4.74. The number of hydrogen-bond acceptors (Lipinski definition) is 4. The van der Waals surface area contributed by atoms with Crippen molar-refractivity contribution in [3.05, 3.63) is 0 Å². The molecular formula is C12H22O4. The lowest BCUT2D eigenvalue weighted by molar-refractivity contribution is -0.168. The number of carbonyl (C=O) groups excluding carboxylic acids is 2. The van der Waals surface area contributed by atoms with Crippen LogP contribution in [0.25, 0.3) is 0 Å². The zero-order valence-electron chi connectivity index (χ0n) is 10.7. The van der Waals surface area contributed by atoms with Crippen molar-refractivity contribution in [3.63, 3.8) is 0 Å². The minimum absolute atomic E-state index is 0.169. The summed E-state index contributed by atoms with van der Waals surface area (Å²) in [6.07, 6.45) is -0.460. The van der Waals surface area contributed by atoms with E-state index < -0.39 is 12.1 Å². The molecule has 0 aliphatic heterocycles. The molecule has 2 atom stereocenters. The van der Waals surface area contributed by atoms with Gasteiger partial charge in [0.25, 0.3) is 6.47 Å². The van der Waals surface area contributed by atoms with Gasteiger partial charge in [0.2, 0.25) is 0 Å². The monoisotopic (exact) mass is 230 g/mol. The normalized spacial score (nSPS) is 14.7. The van der Waals surface area contributed by atoms with Crippen LogP contribution < -0.4 is 0 Å². The van der Waals surface area contributed by atoms with Gasteiger partial charge in [-0.3, -0.25) is 4.79 Å². The Kier molecular flexibility index (Phi) is 6.77. The molecule has 0 aromatic carbocycles. The molecule has 0 saturated carbocycles. The van der Waals surface area contributed by atoms with E-state index in [1.165, 1.54) is 0 Å². The molecule has 0 N–H and O–H groups in total. The summed E-state index contributed by atoms with van der Waals surface area (Å²) in [6, 6.07) is 0. The molecule has 16 heavy (non-hydrogen) atoms. The minimum atomic E-state index is -0.779. The lowest BCUT2D eigenvalue weighted by Crippen LogP contribution is -2.32. The van der Waals surface area contributed by atoms with Crippen molar-refractivity contribution in [1.82, 2.24) is 0 Å². The Hall–Kier alpha value is -1.06. The summed E-state index contributed by atoms with van der Waals surface area (Å²) in [6.45, 7) is 9.98. The first-order chi connectivity index (χ1) is 7.38. The van der Waals surface area contributed by atoms with E-state index in [0.29, 0.717) is 12.9 Å². The Labute approximate surface area is 97.3 Å². The smallest absolute Gasteiger partial charge is 0.347 e. The molecule has 4 nitrogen and oxygen atoms in total. The first-order valence-corrected chi connectivity index (χ1v) is 5.68. The molecule has 0 rings (SSSR count). The van der Waals surface area contributed by atoms with Crippen LogP contribution >= 0.6 is 0 Å². The molecule has 4 heteroatoms. The van der Waals surface area contributed by atoms with Gasteiger partial charge >= 0.3 is 5.97 Å². The van der Waals surface area contributed by atoms with E-state index in [1.807, 2.05) is 34.6 Å². The van der Waals surface area contributed by atoms with Gasteiger partial charge in [-0.15, -0.1) is 0 Å². The highest BCUT2D eigenvalue weighted by atomic mass is 16.6. The van der Waals surface area contributed by atoms with Crippen LogP contribution in [0.1, 0.15) is 41.0 Å². The van der Waals surface area contributed by atoms with Gasteiger partial charge in [0.05, 0.1) is 0 Å². The molecule has 0 radical (unpaired) electrons. The fourth-order valence-corrected chi connectivity index (χ4v) is 1.10. The van der Waals surface area contributed by atoms with Crippen molar-refractivity contribution in [2.24, 2.45) is 11.8 Å². The molecule has 0 spiro atoms. The molecule has 94 valence electrons. The Bertz CT molecular complexity index is 223. The molecular weight excluding hydrogens is 208 g/mol. The van der Waals surface area contributed by atoms with Crippen LogP contribution in [-0.4, -0.2) is 24.6 Å². The predicted molar refractivity (Wildman–Crippen MR) is 60.8 cm³/mol. The Morgan fingerprint density at radius 2 is 1.75 bits per heavy atom. The van der Waals surface area contributed by atoms with E-state index in [9.17, 15) is 9.59 Å². The summed E-state index contributed by atoms with van der Waals surface area (Å²) in [7, 11) is 0. The van der Waals surface area contributed by atoms with Crippen LogP contribution in [0.15, 0.2) is 0 Å². The highest BCUT2D eigenvalue weighted by molar-refractivity contribution is 5.76. The molecule has 2 unspecified atom stereocenters. The van der Waals surface area contributed by atoms with E-state index in [4.69, 9.17) is 9.47 Å². The van der Waals surface area contributed by atoms with Crippen molar-refractivity contribution >= 4 is 12.4 Å². The highest BCUT2D eigenvalue weighted by Gasteiger charge is 2.25. The van der Waals surface area contributed by atoms with E-state index in [2.05, 4.69) is 0 Å². The first kappa shape index (κ1) is 14.9. The Balaban J connectivity index is 4.31. The van der Waals surface area contributed by atoms with Gasteiger partial charge in [0.1, 0.15) is 6.10 Å². The fourth-order valence-electron chi connectivity index (χ4n) is 1.10. The molecule has 0 aliphatic carbocycles. The molecule has 0 fully saturated rings. The van der Waals surface area contributed by atoms with E-state index >= 15 is 0 Å². The van der Waals surface area contributed by atoms with Gasteiger partial charge in [0, 0.05) is 0 Å². The summed E-state index contributed by atoms with van der Waals surface area (Å²) in [4.78, 5) is 22.0. The Morgan fingerprint density at radius 3 is 2.12 bits per heavy atom. The second kappa shape index (κ2) is 7.25. The van der Waals surface area contributed by atoms with Crippen LogP contribution in [-0.2, 0) is 19.1 Å². The molecule has 0 heterocycles. The van der Waals surface area contributed by atoms with Crippen molar-refractivity contribution in [3.8, 4) is 0 Å². The van der Waals surface area contributed by atoms with Crippen LogP contribution in [0.5, 0.6) is 0 Å². The van der Waals surface area contributed by atoms with Gasteiger partial charge < -0.3 is 9.47 Å². The topological polar surface area (TPSA) is 52.6 Å². The van der Waals surface area contributed by atoms with Crippen molar-refractivity contribution < 1.29 is 19.1 Å². The van der Waals surface area contributed by atoms with E-state index in [0.717, 1.165) is 0 Å². The van der Waals surface area contributed by atoms with Gasteiger partial charge in [-0.05, 0) is 25.2 Å². The van der Waals surface area contributed by atoms with Crippen molar-refractivity contribution in [2.75, 3.05) is 0 Å². The zero-order chi connectivity index (χ0) is 12.7. The van der Waals surface area contributed by atoms with Gasteiger partial charge in [-0.1, -0.05) is 27.7 Å². The largest absolute Gasteiger partial charge is 0.460 e. The van der Waals surface area contributed by atoms with Crippen LogP contribution in [0.3, 0.4) is 0 Å². The SMILES string of the molecule is CC(C)CC(OC=O)C(=O)OC(C)C(C)C. The van der Waals surface area contributed by atoms with E-state index in [1.54, 1.807) is 0 Å². The summed E-state index contributed by atoms with van der Waals surface area (Å²) < 4.78 is 9.94.